The molecule has 0 saturated heterocycles. The Morgan fingerprint density at radius 2 is 1.62 bits per heavy atom. The van der Waals surface area contributed by atoms with Crippen molar-refractivity contribution in [2.45, 2.75) is 59.8 Å². The summed E-state index contributed by atoms with van der Waals surface area (Å²) in [6.45, 7) is 8.67. The second kappa shape index (κ2) is 14.1. The molecule has 238 valence electrons. The van der Waals surface area contributed by atoms with Gasteiger partial charge in [0.1, 0.15) is 5.82 Å². The third-order valence-corrected chi connectivity index (χ3v) is 8.65. The van der Waals surface area contributed by atoms with Crippen LogP contribution in [0.4, 0.5) is 0 Å². The van der Waals surface area contributed by atoms with E-state index < -0.39 is 0 Å². The minimum atomic E-state index is 0. The molecule has 0 amide bonds. The maximum absolute atomic E-state index is 6.47. The summed E-state index contributed by atoms with van der Waals surface area (Å²) in [5.41, 5.74) is 10.1. The predicted octanol–water partition coefficient (Wildman–Crippen LogP) is 10.2. The van der Waals surface area contributed by atoms with Crippen molar-refractivity contribution < 1.29 is 25.8 Å². The van der Waals surface area contributed by atoms with Gasteiger partial charge in [0.25, 0.3) is 0 Å². The first kappa shape index (κ1) is 32.5. The quantitative estimate of drug-likeness (QED) is 0.130. The van der Waals surface area contributed by atoms with Gasteiger partial charge < -0.3 is 9.30 Å². The number of fused-ring (bicyclic) bond motifs is 3. The summed E-state index contributed by atoms with van der Waals surface area (Å²) in [6.07, 6.45) is 6.98. The van der Waals surface area contributed by atoms with E-state index in [0.29, 0.717) is 11.5 Å². The third-order valence-electron chi connectivity index (χ3n) is 8.65. The molecule has 0 spiro atoms. The predicted molar refractivity (Wildman–Crippen MR) is 187 cm³/mol. The molecule has 4 aromatic carbocycles. The number of hydrogen-bond donors (Lipinski definition) is 0. The number of unbranched alkanes of at least 4 members (excludes halogenated alkanes) is 1. The van der Waals surface area contributed by atoms with Crippen LogP contribution in [0.1, 0.15) is 56.1 Å². The fourth-order valence-electron chi connectivity index (χ4n) is 6.40. The van der Waals surface area contributed by atoms with Gasteiger partial charge in [-0.05, 0) is 78.6 Å². The van der Waals surface area contributed by atoms with Crippen molar-refractivity contribution in [3.63, 3.8) is 0 Å². The van der Waals surface area contributed by atoms with Crippen LogP contribution in [-0.2, 0) is 40.3 Å². The van der Waals surface area contributed by atoms with E-state index in [4.69, 9.17) is 14.8 Å². The fourth-order valence-corrected chi connectivity index (χ4v) is 6.40. The van der Waals surface area contributed by atoms with Gasteiger partial charge in [-0.1, -0.05) is 75.2 Å². The second-order valence-electron chi connectivity index (χ2n) is 11.8. The second-order valence-corrected chi connectivity index (χ2v) is 11.8. The van der Waals surface area contributed by atoms with Crippen LogP contribution in [0.3, 0.4) is 0 Å². The molecule has 0 aliphatic heterocycles. The molecule has 0 atom stereocenters. The smallest absolute Gasteiger partial charge is 0.509 e. The standard InChI is InChI=1S/C41H38N4O.Pt/c1-5-8-13-29-18-21-38-35(25-29)34-20-19-33(27-39(34)44(38)40-24-28(4)22-23-42-40)46-32-17-12-16-31(26-32)45-37(7-3)41(36(6-2)43-45)30-14-10-9-11-15-30;/h9-12,14-25H,5-8,13H2,1-4H3;/q-2;+2. The van der Waals surface area contributed by atoms with Crippen molar-refractivity contribution in [1.29, 1.82) is 0 Å². The Morgan fingerprint density at radius 3 is 2.38 bits per heavy atom. The number of benzene rings is 4. The first-order valence-corrected chi connectivity index (χ1v) is 16.4. The monoisotopic (exact) mass is 797 g/mol. The number of pyridine rings is 1. The fraction of sp³-hybridized carbons (Fsp3) is 0.220. The van der Waals surface area contributed by atoms with E-state index >= 15 is 0 Å². The van der Waals surface area contributed by atoms with Crippen LogP contribution in [0, 0.1) is 19.1 Å². The van der Waals surface area contributed by atoms with Gasteiger partial charge in [0.2, 0.25) is 0 Å². The van der Waals surface area contributed by atoms with Gasteiger partial charge in [0, 0.05) is 34.5 Å². The average molecular weight is 798 g/mol. The van der Waals surface area contributed by atoms with Gasteiger partial charge in [0.05, 0.1) is 5.69 Å². The van der Waals surface area contributed by atoms with E-state index in [9.17, 15) is 0 Å². The molecule has 3 aromatic heterocycles. The molecule has 3 heterocycles. The molecule has 47 heavy (non-hydrogen) atoms. The molecule has 0 radical (unpaired) electrons. The topological polar surface area (TPSA) is 44.9 Å². The first-order chi connectivity index (χ1) is 22.6. The first-order valence-electron chi connectivity index (χ1n) is 16.4. The Balaban J connectivity index is 0.00000386. The summed E-state index contributed by atoms with van der Waals surface area (Å²) in [7, 11) is 0. The largest absolute Gasteiger partial charge is 2.00 e. The third kappa shape index (κ3) is 6.29. The molecule has 0 unspecified atom stereocenters. The molecular weight excluding hydrogens is 760 g/mol. The van der Waals surface area contributed by atoms with Crippen LogP contribution in [0.5, 0.6) is 11.5 Å². The van der Waals surface area contributed by atoms with Gasteiger partial charge in [-0.15, -0.1) is 35.7 Å². The van der Waals surface area contributed by atoms with Gasteiger partial charge >= 0.3 is 21.1 Å². The summed E-state index contributed by atoms with van der Waals surface area (Å²) in [5, 5.41) is 7.38. The van der Waals surface area contributed by atoms with Gasteiger partial charge in [0.15, 0.2) is 0 Å². The van der Waals surface area contributed by atoms with Crippen molar-refractivity contribution in [1.82, 2.24) is 19.3 Å². The average Bonchev–Trinajstić information content (AvgIpc) is 3.63. The molecule has 7 rings (SSSR count). The molecule has 0 fully saturated rings. The summed E-state index contributed by atoms with van der Waals surface area (Å²) in [4.78, 5) is 4.75. The minimum Gasteiger partial charge on any atom is -0.509 e. The van der Waals surface area contributed by atoms with E-state index in [0.717, 1.165) is 64.1 Å². The number of nitrogens with zero attached hydrogens (tertiary/aromatic N) is 4. The minimum absolute atomic E-state index is 0. The van der Waals surface area contributed by atoms with Crippen molar-refractivity contribution in [2.24, 2.45) is 0 Å². The SMILES string of the molecule is CCCCc1ccc2c(c1)c1ccc(Oc3[c-]c(-n4nc(CC)c(-c5ccccc5)c4CC)ccc3)[c-]c1n2-c1cc(C)ccn1.[Pt+2]. The molecular formula is C41H38N4OPt. The van der Waals surface area contributed by atoms with Gasteiger partial charge in [-0.25, -0.2) is 4.98 Å². The van der Waals surface area contributed by atoms with Crippen LogP contribution in [0.2, 0.25) is 0 Å². The zero-order chi connectivity index (χ0) is 31.6. The van der Waals surface area contributed by atoms with Crippen molar-refractivity contribution in [2.75, 3.05) is 0 Å². The zero-order valence-electron chi connectivity index (χ0n) is 27.3. The molecule has 0 N–H and O–H groups in total. The summed E-state index contributed by atoms with van der Waals surface area (Å²) >= 11 is 0. The number of aromatic nitrogens is 4. The Labute approximate surface area is 291 Å². The maximum atomic E-state index is 6.47. The molecule has 0 aliphatic rings. The number of rotatable bonds is 10. The molecule has 5 nitrogen and oxygen atoms in total. The molecule has 6 heteroatoms. The number of aryl methyl sites for hydroxylation is 3. The number of ether oxygens (including phenoxy) is 1. The Kier molecular flexibility index (Phi) is 9.75. The number of hydrogen-bond acceptors (Lipinski definition) is 3. The molecule has 0 saturated carbocycles. The molecule has 0 aliphatic carbocycles. The van der Waals surface area contributed by atoms with E-state index in [1.54, 1.807) is 0 Å². The van der Waals surface area contributed by atoms with Crippen LogP contribution in [0.15, 0.2) is 97.2 Å². The van der Waals surface area contributed by atoms with Crippen molar-refractivity contribution >= 4 is 21.8 Å². The maximum Gasteiger partial charge on any atom is 2.00 e. The normalized spacial score (nSPS) is 11.2. The van der Waals surface area contributed by atoms with E-state index in [1.165, 1.54) is 34.9 Å². The molecule has 0 bridgehead atoms. The summed E-state index contributed by atoms with van der Waals surface area (Å²) < 4.78 is 10.7. The Bertz CT molecular complexity index is 2160. The van der Waals surface area contributed by atoms with Gasteiger partial charge in [-0.3, -0.25) is 4.68 Å². The van der Waals surface area contributed by atoms with Crippen LogP contribution < -0.4 is 4.74 Å². The van der Waals surface area contributed by atoms with Crippen LogP contribution in [-0.4, -0.2) is 19.3 Å². The van der Waals surface area contributed by atoms with Crippen molar-refractivity contribution in [3.8, 4) is 34.1 Å². The summed E-state index contributed by atoms with van der Waals surface area (Å²) in [5.74, 6) is 2.11. The van der Waals surface area contributed by atoms with Crippen LogP contribution in [0.25, 0.3) is 44.4 Å². The van der Waals surface area contributed by atoms with Crippen molar-refractivity contribution in [3.05, 3.63) is 132 Å². The zero-order valence-corrected chi connectivity index (χ0v) is 29.6. The van der Waals surface area contributed by atoms with Crippen LogP contribution >= 0.6 is 0 Å². The van der Waals surface area contributed by atoms with E-state index in [2.05, 4.69) is 105 Å². The van der Waals surface area contributed by atoms with E-state index in [1.807, 2.05) is 41.2 Å². The van der Waals surface area contributed by atoms with Gasteiger partial charge in [-0.2, -0.15) is 17.2 Å². The van der Waals surface area contributed by atoms with E-state index in [-0.39, 0.29) is 21.1 Å². The summed E-state index contributed by atoms with van der Waals surface area (Å²) in [6, 6.07) is 38.7. The Hall–Kier alpha value is -4.47. The Morgan fingerprint density at radius 1 is 0.787 bits per heavy atom. The molecule has 7 aromatic rings.